The molecular formula is C25H27ClN4O3. The monoisotopic (exact) mass is 466 g/mol. The smallest absolute Gasteiger partial charge is 0.336 e. The number of hydrogen-bond acceptors (Lipinski definition) is 5. The number of carbonyl (C=O) groups excluding carboxylic acids is 1. The number of aromatic carboxylic acids is 1. The lowest BCUT2D eigenvalue weighted by atomic mass is 10.1. The van der Waals surface area contributed by atoms with E-state index in [0.717, 1.165) is 36.6 Å². The lowest BCUT2D eigenvalue weighted by Gasteiger charge is -2.37. The summed E-state index contributed by atoms with van der Waals surface area (Å²) in [6.07, 6.45) is 2.19. The topological polar surface area (TPSA) is 85.8 Å². The summed E-state index contributed by atoms with van der Waals surface area (Å²) in [4.78, 5) is 33.2. The average molecular weight is 467 g/mol. The molecule has 1 amide bonds. The third kappa shape index (κ3) is 5.20. The number of amides is 1. The van der Waals surface area contributed by atoms with Crippen molar-refractivity contribution in [2.75, 3.05) is 41.3 Å². The van der Waals surface area contributed by atoms with E-state index in [4.69, 9.17) is 16.6 Å². The summed E-state index contributed by atoms with van der Waals surface area (Å²) in [7, 11) is 0. The summed E-state index contributed by atoms with van der Waals surface area (Å²) in [6.45, 7) is 4.95. The summed E-state index contributed by atoms with van der Waals surface area (Å²) < 4.78 is 0. The number of rotatable bonds is 7. The van der Waals surface area contributed by atoms with E-state index in [1.165, 1.54) is 0 Å². The quantitative estimate of drug-likeness (QED) is 0.507. The number of hydrogen-bond donors (Lipinski definition) is 2. The fourth-order valence-corrected chi connectivity index (χ4v) is 4.33. The first-order valence-electron chi connectivity index (χ1n) is 11.2. The fourth-order valence-electron chi connectivity index (χ4n) is 4.07. The van der Waals surface area contributed by atoms with Crippen molar-refractivity contribution < 1.29 is 14.7 Å². The van der Waals surface area contributed by atoms with E-state index in [1.807, 2.05) is 31.2 Å². The summed E-state index contributed by atoms with van der Waals surface area (Å²) >= 11 is 6.34. The number of fused-ring (bicyclic) bond motifs is 1. The zero-order chi connectivity index (χ0) is 23.4. The predicted octanol–water partition coefficient (Wildman–Crippen LogP) is 5.04. The molecule has 172 valence electrons. The van der Waals surface area contributed by atoms with Gasteiger partial charge in [0.05, 0.1) is 21.8 Å². The van der Waals surface area contributed by atoms with Crippen LogP contribution in [0.15, 0.2) is 48.5 Å². The van der Waals surface area contributed by atoms with Crippen molar-refractivity contribution in [3.05, 3.63) is 59.1 Å². The number of anilines is 3. The number of para-hydroxylation sites is 1. The first-order chi connectivity index (χ1) is 16.0. The molecule has 1 aliphatic heterocycles. The second-order valence-corrected chi connectivity index (χ2v) is 8.55. The van der Waals surface area contributed by atoms with Gasteiger partial charge in [-0.2, -0.15) is 0 Å². The number of pyridine rings is 1. The van der Waals surface area contributed by atoms with Crippen LogP contribution in [-0.4, -0.2) is 48.1 Å². The molecule has 2 aromatic carbocycles. The Morgan fingerprint density at radius 1 is 1.06 bits per heavy atom. The van der Waals surface area contributed by atoms with Gasteiger partial charge in [0, 0.05) is 43.7 Å². The van der Waals surface area contributed by atoms with Crippen LogP contribution in [0.5, 0.6) is 0 Å². The van der Waals surface area contributed by atoms with Gasteiger partial charge in [-0.3, -0.25) is 4.79 Å². The maximum absolute atomic E-state index is 12.1. The molecule has 0 unspecified atom stereocenters. The molecule has 3 aromatic rings. The average Bonchev–Trinajstić information content (AvgIpc) is 2.82. The number of benzene rings is 2. The van der Waals surface area contributed by atoms with Gasteiger partial charge in [-0.05, 0) is 42.8 Å². The van der Waals surface area contributed by atoms with Crippen LogP contribution in [0.4, 0.5) is 17.2 Å². The van der Waals surface area contributed by atoms with Crippen molar-refractivity contribution in [3.63, 3.8) is 0 Å². The Bertz CT molecular complexity index is 1180. The van der Waals surface area contributed by atoms with Crippen molar-refractivity contribution in [1.29, 1.82) is 0 Å². The fraction of sp³-hybridized carbons (Fsp3) is 0.320. The van der Waals surface area contributed by atoms with E-state index in [1.54, 1.807) is 24.3 Å². The molecule has 2 N–H and O–H groups in total. The van der Waals surface area contributed by atoms with E-state index < -0.39 is 5.97 Å². The van der Waals surface area contributed by atoms with Gasteiger partial charge < -0.3 is 20.2 Å². The number of carboxylic acids is 1. The van der Waals surface area contributed by atoms with Crippen LogP contribution in [0.1, 0.15) is 36.5 Å². The van der Waals surface area contributed by atoms with Gasteiger partial charge in [0.1, 0.15) is 5.82 Å². The molecule has 7 nitrogen and oxygen atoms in total. The lowest BCUT2D eigenvalue weighted by Crippen LogP contribution is -2.47. The van der Waals surface area contributed by atoms with Crippen molar-refractivity contribution in [1.82, 2.24) is 4.98 Å². The SMILES string of the molecule is CCCCC(=O)Nc1ccc2nc(N3CCN(c4ccccc4Cl)CC3)cc(C(=O)O)c2c1. The van der Waals surface area contributed by atoms with E-state index in [0.29, 0.717) is 41.9 Å². The molecule has 2 heterocycles. The van der Waals surface area contributed by atoms with Crippen LogP contribution >= 0.6 is 11.6 Å². The predicted molar refractivity (Wildman–Crippen MR) is 133 cm³/mol. The number of piperazine rings is 1. The molecule has 1 saturated heterocycles. The number of nitrogens with zero attached hydrogens (tertiary/aromatic N) is 3. The Balaban J connectivity index is 1.55. The molecule has 8 heteroatoms. The van der Waals surface area contributed by atoms with Crippen LogP contribution in [0.3, 0.4) is 0 Å². The van der Waals surface area contributed by atoms with Gasteiger partial charge in [-0.25, -0.2) is 9.78 Å². The first kappa shape index (κ1) is 22.9. The van der Waals surface area contributed by atoms with Gasteiger partial charge in [0.15, 0.2) is 0 Å². The van der Waals surface area contributed by atoms with Crippen LogP contribution in [0, 0.1) is 0 Å². The van der Waals surface area contributed by atoms with Crippen LogP contribution in [0.25, 0.3) is 10.9 Å². The molecule has 4 rings (SSSR count). The van der Waals surface area contributed by atoms with Crippen LogP contribution in [0.2, 0.25) is 5.02 Å². The zero-order valence-corrected chi connectivity index (χ0v) is 19.3. The Morgan fingerprint density at radius 3 is 2.48 bits per heavy atom. The molecule has 0 atom stereocenters. The van der Waals surface area contributed by atoms with Crippen molar-refractivity contribution in [2.45, 2.75) is 26.2 Å². The van der Waals surface area contributed by atoms with Crippen molar-refractivity contribution >= 4 is 51.6 Å². The van der Waals surface area contributed by atoms with Gasteiger partial charge >= 0.3 is 5.97 Å². The first-order valence-corrected chi connectivity index (χ1v) is 11.6. The minimum absolute atomic E-state index is 0.0750. The lowest BCUT2D eigenvalue weighted by molar-refractivity contribution is -0.116. The van der Waals surface area contributed by atoms with E-state index >= 15 is 0 Å². The number of unbranched alkanes of at least 4 members (excludes halogenated alkanes) is 1. The minimum Gasteiger partial charge on any atom is -0.478 e. The van der Waals surface area contributed by atoms with Crippen molar-refractivity contribution in [3.8, 4) is 0 Å². The molecule has 33 heavy (non-hydrogen) atoms. The third-order valence-electron chi connectivity index (χ3n) is 5.86. The highest BCUT2D eigenvalue weighted by atomic mass is 35.5. The van der Waals surface area contributed by atoms with E-state index in [2.05, 4.69) is 15.1 Å². The summed E-state index contributed by atoms with van der Waals surface area (Å²) in [6, 6.07) is 14.6. The summed E-state index contributed by atoms with van der Waals surface area (Å²) in [5.41, 5.74) is 2.34. The van der Waals surface area contributed by atoms with E-state index in [9.17, 15) is 14.7 Å². The second-order valence-electron chi connectivity index (χ2n) is 8.14. The summed E-state index contributed by atoms with van der Waals surface area (Å²) in [5.74, 6) is -0.458. The minimum atomic E-state index is -1.02. The number of halogens is 1. The maximum atomic E-state index is 12.1. The van der Waals surface area contributed by atoms with Crippen LogP contribution < -0.4 is 15.1 Å². The largest absolute Gasteiger partial charge is 0.478 e. The standard InChI is InChI=1S/C25H27ClN4O3/c1-2-3-8-24(31)27-17-9-10-21-18(15-17)19(25(32)33)16-23(28-21)30-13-11-29(12-14-30)22-7-5-4-6-20(22)26/h4-7,9-10,15-16H,2-3,8,11-14H2,1H3,(H,27,31)(H,32,33). The number of nitrogens with one attached hydrogen (secondary N) is 1. The molecule has 0 bridgehead atoms. The van der Waals surface area contributed by atoms with Gasteiger partial charge in [0.2, 0.25) is 5.91 Å². The second kappa shape index (κ2) is 10.1. The zero-order valence-electron chi connectivity index (χ0n) is 18.6. The Morgan fingerprint density at radius 2 is 1.79 bits per heavy atom. The van der Waals surface area contributed by atoms with E-state index in [-0.39, 0.29) is 11.5 Å². The highest BCUT2D eigenvalue weighted by molar-refractivity contribution is 6.33. The van der Waals surface area contributed by atoms with Gasteiger partial charge in [0.25, 0.3) is 0 Å². The van der Waals surface area contributed by atoms with Gasteiger partial charge in [-0.15, -0.1) is 0 Å². The maximum Gasteiger partial charge on any atom is 0.336 e. The molecule has 0 spiro atoms. The Hall–Kier alpha value is -3.32. The molecular weight excluding hydrogens is 440 g/mol. The normalized spacial score (nSPS) is 13.9. The molecule has 0 radical (unpaired) electrons. The number of carboxylic acid groups (broad SMARTS) is 1. The van der Waals surface area contributed by atoms with Crippen molar-refractivity contribution in [2.24, 2.45) is 0 Å². The highest BCUT2D eigenvalue weighted by Crippen LogP contribution is 2.29. The summed E-state index contributed by atoms with van der Waals surface area (Å²) in [5, 5.41) is 13.9. The Kier molecular flexibility index (Phi) is 6.99. The Labute approximate surface area is 198 Å². The molecule has 1 aromatic heterocycles. The molecule has 1 aliphatic rings. The highest BCUT2D eigenvalue weighted by Gasteiger charge is 2.22. The molecule has 1 fully saturated rings. The molecule has 0 aliphatic carbocycles. The molecule has 0 saturated carbocycles. The van der Waals surface area contributed by atoms with Gasteiger partial charge in [-0.1, -0.05) is 37.1 Å². The third-order valence-corrected chi connectivity index (χ3v) is 6.18. The number of aromatic nitrogens is 1. The number of carbonyl (C=O) groups is 2. The van der Waals surface area contributed by atoms with Crippen LogP contribution in [-0.2, 0) is 4.79 Å².